The molecule has 1 aliphatic rings. The van der Waals surface area contributed by atoms with Crippen molar-refractivity contribution in [3.8, 4) is 10.6 Å². The van der Waals surface area contributed by atoms with Crippen LogP contribution in [-0.2, 0) is 0 Å². The van der Waals surface area contributed by atoms with Crippen LogP contribution in [0, 0.1) is 6.92 Å². The van der Waals surface area contributed by atoms with E-state index < -0.39 is 0 Å². The topological polar surface area (TPSA) is 33.2 Å². The molecule has 0 saturated carbocycles. The lowest BCUT2D eigenvalue weighted by molar-refractivity contribution is 0.0787. The summed E-state index contributed by atoms with van der Waals surface area (Å²) in [5, 5.41) is 0.931. The number of nitrogens with zero attached hydrogens (tertiary/aromatic N) is 2. The zero-order valence-corrected chi connectivity index (χ0v) is 11.7. The van der Waals surface area contributed by atoms with Gasteiger partial charge in [-0.3, -0.25) is 4.79 Å². The van der Waals surface area contributed by atoms with Gasteiger partial charge < -0.3 is 4.90 Å². The number of aryl methyl sites for hydroxylation is 1. The van der Waals surface area contributed by atoms with Crippen molar-refractivity contribution >= 4 is 17.2 Å². The van der Waals surface area contributed by atoms with Gasteiger partial charge in [-0.2, -0.15) is 0 Å². The van der Waals surface area contributed by atoms with Gasteiger partial charge in [-0.15, -0.1) is 11.3 Å². The molecule has 3 rings (SSSR count). The molecule has 2 heterocycles. The van der Waals surface area contributed by atoms with Crippen LogP contribution in [0.3, 0.4) is 0 Å². The fraction of sp³-hybridized carbons (Fsp3) is 0.333. The molecule has 4 heteroatoms. The predicted octanol–water partition coefficient (Wildman–Crippen LogP) is 3.35. The maximum absolute atomic E-state index is 12.4. The van der Waals surface area contributed by atoms with Crippen LogP contribution < -0.4 is 0 Å². The second kappa shape index (κ2) is 5.13. The maximum Gasteiger partial charge on any atom is 0.273 e. The number of likely N-dealkylation sites (tertiary alicyclic amines) is 1. The largest absolute Gasteiger partial charge is 0.337 e. The van der Waals surface area contributed by atoms with Crippen molar-refractivity contribution < 1.29 is 4.79 Å². The van der Waals surface area contributed by atoms with Gasteiger partial charge >= 0.3 is 0 Å². The number of benzene rings is 1. The molecule has 2 aromatic rings. The van der Waals surface area contributed by atoms with E-state index in [-0.39, 0.29) is 5.91 Å². The van der Waals surface area contributed by atoms with E-state index >= 15 is 0 Å². The quantitative estimate of drug-likeness (QED) is 0.840. The molecule has 0 atom stereocenters. The molecule has 1 fully saturated rings. The van der Waals surface area contributed by atoms with E-state index in [1.807, 2.05) is 42.2 Å². The van der Waals surface area contributed by atoms with Crippen molar-refractivity contribution in [1.82, 2.24) is 9.88 Å². The molecular formula is C15H16N2OS. The fourth-order valence-corrected chi connectivity index (χ4v) is 3.28. The highest BCUT2D eigenvalue weighted by atomic mass is 32.1. The summed E-state index contributed by atoms with van der Waals surface area (Å²) in [6.45, 7) is 3.72. The highest BCUT2D eigenvalue weighted by Crippen LogP contribution is 2.28. The van der Waals surface area contributed by atoms with Crippen LogP contribution in [-0.4, -0.2) is 28.9 Å². The van der Waals surface area contributed by atoms with E-state index in [4.69, 9.17) is 0 Å². The molecule has 0 aliphatic carbocycles. The first-order valence-electron chi connectivity index (χ1n) is 6.58. The van der Waals surface area contributed by atoms with Gasteiger partial charge in [-0.05, 0) is 19.8 Å². The van der Waals surface area contributed by atoms with Crippen molar-refractivity contribution in [2.45, 2.75) is 19.8 Å². The third-order valence-corrected chi connectivity index (χ3v) is 4.43. The molecule has 0 unspecified atom stereocenters. The van der Waals surface area contributed by atoms with Gasteiger partial charge in [0.15, 0.2) is 0 Å². The molecule has 0 radical (unpaired) electrons. The highest BCUT2D eigenvalue weighted by Gasteiger charge is 2.24. The fourth-order valence-electron chi connectivity index (χ4n) is 2.37. The molecule has 1 aliphatic heterocycles. The van der Waals surface area contributed by atoms with Crippen LogP contribution in [0.15, 0.2) is 30.3 Å². The lowest BCUT2D eigenvalue weighted by Gasteiger charge is -2.13. The predicted molar refractivity (Wildman–Crippen MR) is 77.4 cm³/mol. The monoisotopic (exact) mass is 272 g/mol. The van der Waals surface area contributed by atoms with Gasteiger partial charge in [0, 0.05) is 23.5 Å². The standard InChI is InChI=1S/C15H16N2OS/c1-11-13(15(18)17-9-5-6-10-17)16-14(19-11)12-7-3-2-4-8-12/h2-4,7-8H,5-6,9-10H2,1H3. The Morgan fingerprint density at radius 3 is 2.58 bits per heavy atom. The summed E-state index contributed by atoms with van der Waals surface area (Å²) in [4.78, 5) is 19.9. The van der Waals surface area contributed by atoms with Gasteiger partial charge in [0.2, 0.25) is 0 Å². The van der Waals surface area contributed by atoms with Gasteiger partial charge in [0.25, 0.3) is 5.91 Å². The third kappa shape index (κ3) is 2.40. The first-order valence-corrected chi connectivity index (χ1v) is 7.39. The summed E-state index contributed by atoms with van der Waals surface area (Å²) in [5.74, 6) is 0.0911. The SMILES string of the molecule is Cc1sc(-c2ccccc2)nc1C(=O)N1CCCC1. The summed E-state index contributed by atoms with van der Waals surface area (Å²) in [7, 11) is 0. The minimum Gasteiger partial charge on any atom is -0.337 e. The summed E-state index contributed by atoms with van der Waals surface area (Å²) in [6, 6.07) is 10.0. The number of rotatable bonds is 2. The van der Waals surface area contributed by atoms with Crippen LogP contribution in [0.1, 0.15) is 28.2 Å². The molecule has 1 amide bonds. The third-order valence-electron chi connectivity index (χ3n) is 3.41. The number of hydrogen-bond donors (Lipinski definition) is 0. The average Bonchev–Trinajstić information content (AvgIpc) is 3.08. The first-order chi connectivity index (χ1) is 9.25. The van der Waals surface area contributed by atoms with Crippen LogP contribution in [0.4, 0.5) is 0 Å². The van der Waals surface area contributed by atoms with Gasteiger partial charge in [0.05, 0.1) is 0 Å². The Bertz CT molecular complexity index is 585. The lowest BCUT2D eigenvalue weighted by atomic mass is 10.2. The second-order valence-corrected chi connectivity index (χ2v) is 5.99. The number of amides is 1. The van der Waals surface area contributed by atoms with Crippen molar-refractivity contribution in [3.05, 3.63) is 40.9 Å². The van der Waals surface area contributed by atoms with Gasteiger partial charge in [-0.25, -0.2) is 4.98 Å². The van der Waals surface area contributed by atoms with Crippen LogP contribution >= 0.6 is 11.3 Å². The normalized spacial score (nSPS) is 14.9. The average molecular weight is 272 g/mol. The number of carbonyl (C=O) groups is 1. The molecule has 0 spiro atoms. The Kier molecular flexibility index (Phi) is 3.34. The summed E-state index contributed by atoms with van der Waals surface area (Å²) < 4.78 is 0. The Hall–Kier alpha value is -1.68. The van der Waals surface area contributed by atoms with E-state index in [2.05, 4.69) is 4.98 Å². The van der Waals surface area contributed by atoms with E-state index in [9.17, 15) is 4.79 Å². The van der Waals surface area contributed by atoms with E-state index in [0.29, 0.717) is 5.69 Å². The van der Waals surface area contributed by atoms with Crippen molar-refractivity contribution in [3.63, 3.8) is 0 Å². The molecule has 3 nitrogen and oxygen atoms in total. The molecular weight excluding hydrogens is 256 g/mol. The minimum atomic E-state index is 0.0911. The Labute approximate surface area is 116 Å². The van der Waals surface area contributed by atoms with Gasteiger partial charge in [0.1, 0.15) is 10.7 Å². The van der Waals surface area contributed by atoms with Crippen LogP contribution in [0.2, 0.25) is 0 Å². The molecule has 98 valence electrons. The Morgan fingerprint density at radius 2 is 1.89 bits per heavy atom. The number of aromatic nitrogens is 1. The maximum atomic E-state index is 12.4. The lowest BCUT2D eigenvalue weighted by Crippen LogP contribution is -2.28. The smallest absolute Gasteiger partial charge is 0.273 e. The van der Waals surface area contributed by atoms with E-state index in [1.54, 1.807) is 11.3 Å². The summed E-state index contributed by atoms with van der Waals surface area (Å²) >= 11 is 1.60. The van der Waals surface area contributed by atoms with Crippen LogP contribution in [0.5, 0.6) is 0 Å². The molecule has 0 bridgehead atoms. The van der Waals surface area contributed by atoms with Crippen molar-refractivity contribution in [1.29, 1.82) is 0 Å². The van der Waals surface area contributed by atoms with Crippen molar-refractivity contribution in [2.75, 3.05) is 13.1 Å². The second-order valence-electron chi connectivity index (χ2n) is 4.79. The minimum absolute atomic E-state index is 0.0911. The number of thiazole rings is 1. The number of hydrogen-bond acceptors (Lipinski definition) is 3. The van der Waals surface area contributed by atoms with Gasteiger partial charge in [-0.1, -0.05) is 30.3 Å². The Morgan fingerprint density at radius 1 is 1.21 bits per heavy atom. The molecule has 1 aromatic carbocycles. The van der Waals surface area contributed by atoms with Crippen LogP contribution in [0.25, 0.3) is 10.6 Å². The van der Waals surface area contributed by atoms with E-state index in [0.717, 1.165) is 41.4 Å². The zero-order valence-electron chi connectivity index (χ0n) is 10.9. The molecule has 0 N–H and O–H groups in total. The van der Waals surface area contributed by atoms with E-state index in [1.165, 1.54) is 0 Å². The first kappa shape index (κ1) is 12.4. The van der Waals surface area contributed by atoms with Crippen molar-refractivity contribution in [2.24, 2.45) is 0 Å². The Balaban J connectivity index is 1.91. The summed E-state index contributed by atoms with van der Waals surface area (Å²) in [5.41, 5.74) is 1.71. The summed E-state index contributed by atoms with van der Waals surface area (Å²) in [6.07, 6.45) is 2.22. The molecule has 1 aromatic heterocycles. The molecule has 19 heavy (non-hydrogen) atoms. The molecule has 1 saturated heterocycles. The zero-order chi connectivity index (χ0) is 13.2. The highest BCUT2D eigenvalue weighted by molar-refractivity contribution is 7.15. The number of carbonyl (C=O) groups excluding carboxylic acids is 1.